The molecular weight excluding hydrogens is 257 g/mol. The van der Waals surface area contributed by atoms with E-state index < -0.39 is 41.5 Å². The van der Waals surface area contributed by atoms with Gasteiger partial charge in [-0.05, 0) is 6.07 Å². The van der Waals surface area contributed by atoms with Crippen LogP contribution in [-0.4, -0.2) is 4.98 Å². The monoisotopic (exact) mass is 261 g/mol. The third kappa shape index (κ3) is 2.72. The summed E-state index contributed by atoms with van der Waals surface area (Å²) in [5.74, 6) is 0. The van der Waals surface area contributed by atoms with E-state index >= 15 is 0 Å². The molecule has 0 unspecified atom stereocenters. The number of nitrogens with zero attached hydrogens (tertiary/aromatic N) is 3. The lowest BCUT2D eigenvalue weighted by molar-refractivity contribution is -0.138. The van der Waals surface area contributed by atoms with Gasteiger partial charge in [0.2, 0.25) is 0 Å². The minimum atomic E-state index is -4.96. The number of pyridine rings is 1. The molecule has 8 heteroatoms. The van der Waals surface area contributed by atoms with Gasteiger partial charge in [-0.1, -0.05) is 0 Å². The Kier molecular flexibility index (Phi) is 3.82. The van der Waals surface area contributed by atoms with Gasteiger partial charge in [-0.15, -0.1) is 0 Å². The van der Waals surface area contributed by atoms with Crippen molar-refractivity contribution in [3.63, 3.8) is 0 Å². The molecule has 1 heterocycles. The number of hydrogen-bond donors (Lipinski definition) is 0. The van der Waals surface area contributed by atoms with Crippen LogP contribution in [0.1, 0.15) is 28.9 Å². The van der Waals surface area contributed by atoms with Crippen molar-refractivity contribution in [1.29, 1.82) is 10.5 Å². The molecule has 0 radical (unpaired) electrons. The Morgan fingerprint density at radius 2 is 1.89 bits per heavy atom. The second kappa shape index (κ2) is 4.96. The highest BCUT2D eigenvalue weighted by atomic mass is 19.4. The van der Waals surface area contributed by atoms with Crippen molar-refractivity contribution >= 4 is 0 Å². The van der Waals surface area contributed by atoms with Crippen LogP contribution in [0, 0.1) is 22.7 Å². The van der Waals surface area contributed by atoms with Crippen molar-refractivity contribution in [2.75, 3.05) is 0 Å². The maximum Gasteiger partial charge on any atom is 0.417 e. The first-order valence-electron chi connectivity index (χ1n) is 4.47. The average molecular weight is 261 g/mol. The Balaban J connectivity index is 3.59. The highest BCUT2D eigenvalue weighted by Gasteiger charge is 2.36. The van der Waals surface area contributed by atoms with Crippen LogP contribution in [0.4, 0.5) is 22.0 Å². The maximum atomic E-state index is 12.6. The fraction of sp³-hybridized carbons (Fsp3) is 0.300. The third-order valence-corrected chi connectivity index (χ3v) is 2.00. The van der Waals surface area contributed by atoms with E-state index in [1.807, 2.05) is 0 Å². The second-order valence-corrected chi connectivity index (χ2v) is 3.16. The van der Waals surface area contributed by atoms with Crippen LogP contribution in [0.15, 0.2) is 6.07 Å². The van der Waals surface area contributed by atoms with Crippen molar-refractivity contribution in [1.82, 2.24) is 4.98 Å². The lowest BCUT2D eigenvalue weighted by Gasteiger charge is -2.12. The van der Waals surface area contributed by atoms with Crippen LogP contribution in [0.2, 0.25) is 0 Å². The third-order valence-electron chi connectivity index (χ3n) is 2.00. The molecule has 0 N–H and O–H groups in total. The molecule has 3 nitrogen and oxygen atoms in total. The van der Waals surface area contributed by atoms with Gasteiger partial charge >= 0.3 is 6.18 Å². The van der Waals surface area contributed by atoms with Crippen LogP contribution >= 0.6 is 0 Å². The molecular formula is C10H4F5N3. The molecule has 0 aliphatic rings. The summed E-state index contributed by atoms with van der Waals surface area (Å²) in [4.78, 5) is 3.21. The molecule has 0 bridgehead atoms. The second-order valence-electron chi connectivity index (χ2n) is 3.16. The Morgan fingerprint density at radius 1 is 1.28 bits per heavy atom. The molecule has 0 amide bonds. The summed E-state index contributed by atoms with van der Waals surface area (Å²) >= 11 is 0. The van der Waals surface area contributed by atoms with Crippen molar-refractivity contribution in [3.8, 4) is 12.1 Å². The van der Waals surface area contributed by atoms with Crippen molar-refractivity contribution in [2.45, 2.75) is 19.0 Å². The normalized spacial score (nSPS) is 11.1. The zero-order valence-corrected chi connectivity index (χ0v) is 8.59. The average Bonchev–Trinajstić information content (AvgIpc) is 2.27. The molecule has 0 aromatic carbocycles. The fourth-order valence-corrected chi connectivity index (χ4v) is 1.28. The number of alkyl halides is 5. The first-order valence-corrected chi connectivity index (χ1v) is 4.47. The number of halogens is 5. The zero-order valence-electron chi connectivity index (χ0n) is 8.59. The van der Waals surface area contributed by atoms with E-state index in [4.69, 9.17) is 10.5 Å². The first-order chi connectivity index (χ1) is 8.31. The van der Waals surface area contributed by atoms with E-state index in [2.05, 4.69) is 4.98 Å². The number of rotatable bonds is 2. The lowest BCUT2D eigenvalue weighted by atomic mass is 10.0. The molecule has 0 aliphatic heterocycles. The van der Waals surface area contributed by atoms with E-state index in [0.717, 1.165) is 0 Å². The van der Waals surface area contributed by atoms with E-state index in [1.165, 1.54) is 12.1 Å². The number of aromatic nitrogens is 1. The summed E-state index contributed by atoms with van der Waals surface area (Å²) in [6.07, 6.45) is -8.81. The lowest BCUT2D eigenvalue weighted by Crippen LogP contribution is -2.13. The molecule has 0 fully saturated rings. The smallest absolute Gasteiger partial charge is 0.249 e. The maximum absolute atomic E-state index is 12.6. The molecule has 0 saturated heterocycles. The van der Waals surface area contributed by atoms with Gasteiger partial charge in [0.1, 0.15) is 11.8 Å². The highest BCUT2D eigenvalue weighted by molar-refractivity contribution is 5.45. The molecule has 0 saturated carbocycles. The van der Waals surface area contributed by atoms with Crippen LogP contribution in [0.3, 0.4) is 0 Å². The Hall–Kier alpha value is -2.22. The van der Waals surface area contributed by atoms with E-state index in [1.54, 1.807) is 0 Å². The van der Waals surface area contributed by atoms with Crippen molar-refractivity contribution in [3.05, 3.63) is 28.6 Å². The molecule has 0 aliphatic carbocycles. The highest BCUT2D eigenvalue weighted by Crippen LogP contribution is 2.35. The SMILES string of the molecule is N#CCc1nc(C(F)F)cc(C(F)(F)F)c1C#N. The Labute approximate surface area is 98.1 Å². The molecule has 0 atom stereocenters. The molecule has 18 heavy (non-hydrogen) atoms. The van der Waals surface area contributed by atoms with Gasteiger partial charge in [-0.2, -0.15) is 23.7 Å². The Morgan fingerprint density at radius 3 is 2.28 bits per heavy atom. The quantitative estimate of drug-likeness (QED) is 0.769. The summed E-state index contributed by atoms with van der Waals surface area (Å²) < 4.78 is 62.6. The van der Waals surface area contributed by atoms with E-state index in [-0.39, 0.29) is 6.07 Å². The van der Waals surface area contributed by atoms with Crippen LogP contribution in [-0.2, 0) is 12.6 Å². The van der Waals surface area contributed by atoms with E-state index in [9.17, 15) is 22.0 Å². The van der Waals surface area contributed by atoms with Gasteiger partial charge in [0.15, 0.2) is 0 Å². The van der Waals surface area contributed by atoms with Gasteiger partial charge in [-0.3, -0.25) is 0 Å². The van der Waals surface area contributed by atoms with Gasteiger partial charge in [0.05, 0.1) is 29.3 Å². The van der Waals surface area contributed by atoms with Crippen LogP contribution < -0.4 is 0 Å². The Bertz CT molecular complexity index is 536. The van der Waals surface area contributed by atoms with Crippen molar-refractivity contribution in [2.24, 2.45) is 0 Å². The topological polar surface area (TPSA) is 60.5 Å². The summed E-state index contributed by atoms with van der Waals surface area (Å²) in [5, 5.41) is 17.0. The van der Waals surface area contributed by atoms with Gasteiger partial charge in [0, 0.05) is 0 Å². The fourth-order valence-electron chi connectivity index (χ4n) is 1.28. The minimum absolute atomic E-state index is 0.129. The largest absolute Gasteiger partial charge is 0.417 e. The molecule has 1 aromatic heterocycles. The predicted octanol–water partition coefficient (Wildman–Crippen LogP) is 2.98. The summed E-state index contributed by atoms with van der Waals surface area (Å²) in [7, 11) is 0. The number of nitriles is 2. The molecule has 1 aromatic rings. The molecule has 1 rings (SSSR count). The molecule has 94 valence electrons. The minimum Gasteiger partial charge on any atom is -0.249 e. The standard InChI is InChI=1S/C10H4F5N3/c11-9(12)8-3-6(10(13,14)15)5(4-17)7(18-8)1-2-16/h3,9H,1H2. The molecule has 0 spiro atoms. The zero-order chi connectivity index (χ0) is 13.9. The summed E-state index contributed by atoms with van der Waals surface area (Å²) in [6, 6.07) is 2.85. The van der Waals surface area contributed by atoms with Crippen LogP contribution in [0.25, 0.3) is 0 Å². The number of hydrogen-bond acceptors (Lipinski definition) is 3. The van der Waals surface area contributed by atoms with Crippen molar-refractivity contribution < 1.29 is 22.0 Å². The van der Waals surface area contributed by atoms with Gasteiger partial charge < -0.3 is 0 Å². The predicted molar refractivity (Wildman–Crippen MR) is 48.2 cm³/mol. The van der Waals surface area contributed by atoms with Gasteiger partial charge in [0.25, 0.3) is 6.43 Å². The van der Waals surface area contributed by atoms with Crippen LogP contribution in [0.5, 0.6) is 0 Å². The summed E-state index contributed by atoms with van der Waals surface area (Å²) in [6.45, 7) is 0. The summed E-state index contributed by atoms with van der Waals surface area (Å²) in [5.41, 5.74) is -4.09. The van der Waals surface area contributed by atoms with Gasteiger partial charge in [-0.25, -0.2) is 13.8 Å². The first kappa shape index (κ1) is 13.8. The van der Waals surface area contributed by atoms with E-state index in [0.29, 0.717) is 0 Å².